The molecule has 0 aliphatic rings. The molecule has 0 saturated carbocycles. The smallest absolute Gasteiger partial charge is 0.410 e. The molecule has 0 unspecified atom stereocenters. The number of amides is 7. The number of likely N-dealkylation sites (N-methyl/N-ethyl adjacent to an activating group) is 1. The minimum atomic E-state index is -1.04. The average molecular weight is 622 g/mol. The van der Waals surface area contributed by atoms with E-state index in [1.807, 2.05) is 0 Å². The molecule has 9 N–H and O–H groups in total. The van der Waals surface area contributed by atoms with Gasteiger partial charge in [-0.1, -0.05) is 26.0 Å². The van der Waals surface area contributed by atoms with Crippen LogP contribution >= 0.6 is 0 Å². The van der Waals surface area contributed by atoms with Crippen LogP contribution in [-0.2, 0) is 35.3 Å². The van der Waals surface area contributed by atoms with Gasteiger partial charge < -0.3 is 42.6 Å². The van der Waals surface area contributed by atoms with Crippen molar-refractivity contribution in [2.45, 2.75) is 77.6 Å². The number of hydrogen-bond acceptors (Lipinski definition) is 8. The van der Waals surface area contributed by atoms with Gasteiger partial charge in [0.1, 0.15) is 24.7 Å². The van der Waals surface area contributed by atoms with E-state index in [0.717, 1.165) is 4.90 Å². The Labute approximate surface area is 255 Å². The standard InChI is InChI=1S/C28H43N7O9/c1-16(2)23(24(29)39)35(4)28(43)44-15-18-10-12-19(13-11-18)33-26(41)20(7-6-14-31-27(30)42)34-25(40)17(3)32-21(36)8-5-9-22(37)38/h10-13,16-17,20,23H,5-9,14-15H2,1-4H3,(H2,29,39)(H,32,36)(H,33,41)(H,34,40)(H,37,38)(H3,30,31,42)/t17-,20-,23-/m0/s1. The number of ether oxygens (including phenoxy) is 1. The third kappa shape index (κ3) is 13.8. The van der Waals surface area contributed by atoms with E-state index in [4.69, 9.17) is 21.3 Å². The maximum atomic E-state index is 13.1. The molecule has 16 nitrogen and oxygen atoms in total. The molecule has 1 rings (SSSR count). The lowest BCUT2D eigenvalue weighted by Crippen LogP contribution is -2.51. The first-order valence-corrected chi connectivity index (χ1v) is 14.1. The number of urea groups is 1. The number of aliphatic carboxylic acids is 1. The van der Waals surface area contributed by atoms with Gasteiger partial charge in [-0.2, -0.15) is 0 Å². The Morgan fingerprint density at radius 3 is 2.09 bits per heavy atom. The van der Waals surface area contributed by atoms with Gasteiger partial charge in [-0.15, -0.1) is 0 Å². The van der Waals surface area contributed by atoms with Crippen molar-refractivity contribution in [2.24, 2.45) is 17.4 Å². The number of carbonyl (C=O) groups excluding carboxylic acids is 6. The number of carbonyl (C=O) groups is 7. The fraction of sp³-hybridized carbons (Fsp3) is 0.536. The van der Waals surface area contributed by atoms with Gasteiger partial charge in [0.25, 0.3) is 0 Å². The zero-order valence-electron chi connectivity index (χ0n) is 25.4. The van der Waals surface area contributed by atoms with Gasteiger partial charge in [-0.3, -0.25) is 28.9 Å². The van der Waals surface area contributed by atoms with E-state index in [0.29, 0.717) is 17.7 Å². The Balaban J connectivity index is 2.80. The lowest BCUT2D eigenvalue weighted by molar-refractivity contribution is -0.137. The second-order valence-electron chi connectivity index (χ2n) is 10.5. The summed E-state index contributed by atoms with van der Waals surface area (Å²) in [6, 6.07) is 2.75. The summed E-state index contributed by atoms with van der Waals surface area (Å²) in [5, 5.41) is 18.8. The summed E-state index contributed by atoms with van der Waals surface area (Å²) in [6.45, 7) is 4.99. The minimum Gasteiger partial charge on any atom is -0.481 e. The third-order valence-corrected chi connectivity index (χ3v) is 6.38. The largest absolute Gasteiger partial charge is 0.481 e. The van der Waals surface area contributed by atoms with E-state index in [2.05, 4.69) is 21.3 Å². The number of hydrogen-bond donors (Lipinski definition) is 7. The Morgan fingerprint density at radius 1 is 0.909 bits per heavy atom. The van der Waals surface area contributed by atoms with Crippen LogP contribution < -0.4 is 32.7 Å². The molecular formula is C28H43N7O9. The van der Waals surface area contributed by atoms with Crippen molar-refractivity contribution >= 4 is 47.4 Å². The number of nitrogens with zero attached hydrogens (tertiary/aromatic N) is 1. The van der Waals surface area contributed by atoms with Crippen LogP contribution in [0.4, 0.5) is 15.3 Å². The number of primary amides is 2. The predicted molar refractivity (Wildman–Crippen MR) is 159 cm³/mol. The van der Waals surface area contributed by atoms with Gasteiger partial charge >= 0.3 is 18.1 Å². The van der Waals surface area contributed by atoms with Crippen molar-refractivity contribution in [1.82, 2.24) is 20.9 Å². The van der Waals surface area contributed by atoms with Gasteiger partial charge in [0, 0.05) is 32.1 Å². The SMILES string of the molecule is CC(C)[C@@H](C(N)=O)N(C)C(=O)OCc1ccc(NC(=O)[C@H](CCCNC(N)=O)NC(=O)[C@H](C)NC(=O)CCCC(=O)O)cc1. The summed E-state index contributed by atoms with van der Waals surface area (Å²) < 4.78 is 5.28. The number of carboxylic acid groups (broad SMARTS) is 1. The Bertz CT molecular complexity index is 1170. The van der Waals surface area contributed by atoms with Gasteiger partial charge in [0.2, 0.25) is 23.6 Å². The summed E-state index contributed by atoms with van der Waals surface area (Å²) >= 11 is 0. The van der Waals surface area contributed by atoms with Crippen LogP contribution in [0.2, 0.25) is 0 Å². The minimum absolute atomic E-state index is 0.0790. The van der Waals surface area contributed by atoms with E-state index in [1.54, 1.807) is 38.1 Å². The molecule has 0 heterocycles. The van der Waals surface area contributed by atoms with Gasteiger partial charge in [0.05, 0.1) is 0 Å². The molecule has 0 bridgehead atoms. The van der Waals surface area contributed by atoms with Crippen LogP contribution in [-0.4, -0.2) is 83.4 Å². The average Bonchev–Trinajstić information content (AvgIpc) is 2.93. The Kier molecular flexibility index (Phi) is 15.7. The highest BCUT2D eigenvalue weighted by Crippen LogP contribution is 2.14. The molecule has 0 saturated heterocycles. The topological polar surface area (TPSA) is 252 Å². The van der Waals surface area contributed by atoms with E-state index in [9.17, 15) is 33.6 Å². The molecular weight excluding hydrogens is 578 g/mol. The molecule has 1 aromatic carbocycles. The molecule has 0 fully saturated rings. The summed E-state index contributed by atoms with van der Waals surface area (Å²) in [5.41, 5.74) is 11.4. The second-order valence-corrected chi connectivity index (χ2v) is 10.5. The summed E-state index contributed by atoms with van der Waals surface area (Å²) in [6.07, 6.45) is -0.460. The van der Waals surface area contributed by atoms with E-state index in [-0.39, 0.29) is 44.8 Å². The fourth-order valence-electron chi connectivity index (χ4n) is 4.10. The van der Waals surface area contributed by atoms with Crippen molar-refractivity contribution in [2.75, 3.05) is 18.9 Å². The molecule has 1 aromatic rings. The molecule has 0 radical (unpaired) electrons. The number of carboxylic acids is 1. The molecule has 7 amide bonds. The molecule has 0 aromatic heterocycles. The summed E-state index contributed by atoms with van der Waals surface area (Å²) in [4.78, 5) is 84.7. The molecule has 244 valence electrons. The van der Waals surface area contributed by atoms with Crippen molar-refractivity contribution in [1.29, 1.82) is 0 Å². The van der Waals surface area contributed by atoms with Crippen LogP contribution in [0.1, 0.15) is 58.4 Å². The van der Waals surface area contributed by atoms with Crippen LogP contribution in [0, 0.1) is 5.92 Å². The van der Waals surface area contributed by atoms with Gasteiger partial charge in [-0.25, -0.2) is 9.59 Å². The fourth-order valence-corrected chi connectivity index (χ4v) is 4.10. The number of rotatable bonds is 18. The summed E-state index contributed by atoms with van der Waals surface area (Å²) in [5.74, 6) is -3.61. The van der Waals surface area contributed by atoms with E-state index in [1.165, 1.54) is 14.0 Å². The number of benzene rings is 1. The molecule has 16 heteroatoms. The number of anilines is 1. The lowest BCUT2D eigenvalue weighted by atomic mass is 10.0. The summed E-state index contributed by atoms with van der Waals surface area (Å²) in [7, 11) is 1.42. The van der Waals surface area contributed by atoms with Gasteiger partial charge in [0.15, 0.2) is 0 Å². The second kappa shape index (κ2) is 18.6. The van der Waals surface area contributed by atoms with Crippen LogP contribution in [0.5, 0.6) is 0 Å². The van der Waals surface area contributed by atoms with E-state index < -0.39 is 59.8 Å². The maximum Gasteiger partial charge on any atom is 0.410 e. The van der Waals surface area contributed by atoms with Gasteiger partial charge in [-0.05, 0) is 49.8 Å². The van der Waals surface area contributed by atoms with E-state index >= 15 is 0 Å². The van der Waals surface area contributed by atoms with Crippen LogP contribution in [0.15, 0.2) is 24.3 Å². The highest BCUT2D eigenvalue weighted by Gasteiger charge is 2.29. The normalized spacial score (nSPS) is 12.7. The third-order valence-electron chi connectivity index (χ3n) is 6.38. The first kappa shape index (κ1) is 37.1. The van der Waals surface area contributed by atoms with Crippen molar-refractivity contribution < 1.29 is 43.4 Å². The number of nitrogens with one attached hydrogen (secondary N) is 4. The Morgan fingerprint density at radius 2 is 1.55 bits per heavy atom. The lowest BCUT2D eigenvalue weighted by Gasteiger charge is -2.27. The van der Waals surface area contributed by atoms with Crippen LogP contribution in [0.3, 0.4) is 0 Å². The molecule has 3 atom stereocenters. The quantitative estimate of drug-likeness (QED) is 0.112. The maximum absolute atomic E-state index is 13.1. The zero-order valence-corrected chi connectivity index (χ0v) is 25.4. The van der Waals surface area contributed by atoms with Crippen molar-refractivity contribution in [3.63, 3.8) is 0 Å². The van der Waals surface area contributed by atoms with Crippen LogP contribution in [0.25, 0.3) is 0 Å². The molecule has 0 spiro atoms. The Hall–Kier alpha value is -4.89. The van der Waals surface area contributed by atoms with Crippen molar-refractivity contribution in [3.05, 3.63) is 29.8 Å². The highest BCUT2D eigenvalue weighted by atomic mass is 16.6. The molecule has 0 aliphatic carbocycles. The first-order chi connectivity index (χ1) is 20.6. The molecule has 0 aliphatic heterocycles. The zero-order chi connectivity index (χ0) is 33.4. The monoisotopic (exact) mass is 621 g/mol. The van der Waals surface area contributed by atoms with Crippen molar-refractivity contribution in [3.8, 4) is 0 Å². The predicted octanol–water partition coefficient (Wildman–Crippen LogP) is 0.396. The number of nitrogens with two attached hydrogens (primary N) is 2. The first-order valence-electron chi connectivity index (χ1n) is 14.1. The molecule has 44 heavy (non-hydrogen) atoms. The highest BCUT2D eigenvalue weighted by molar-refractivity contribution is 5.98.